The quantitative estimate of drug-likeness (QED) is 0.909. The van der Waals surface area contributed by atoms with Gasteiger partial charge in [-0.1, -0.05) is 6.07 Å². The van der Waals surface area contributed by atoms with E-state index in [1.807, 2.05) is 18.2 Å². The fraction of sp³-hybridized carbons (Fsp3) is 0.467. The first-order valence-corrected chi connectivity index (χ1v) is 7.03. The molecule has 1 aliphatic rings. The van der Waals surface area contributed by atoms with E-state index in [0.29, 0.717) is 24.2 Å². The van der Waals surface area contributed by atoms with Crippen LogP contribution >= 0.6 is 0 Å². The molecule has 5 nitrogen and oxygen atoms in total. The number of hydrogen-bond donors (Lipinski definition) is 1. The van der Waals surface area contributed by atoms with Gasteiger partial charge in [-0.15, -0.1) is 0 Å². The standard InChI is InChI=1S/C15H19N3O2/c1-11-12(5-7-20-11)9-16-10-13-8-15(19)18-6-3-2-4-14(18)17-13/h2-4,6,8,11-12,16H,5,7,9-10H2,1H3. The van der Waals surface area contributed by atoms with Crippen LogP contribution in [0.5, 0.6) is 0 Å². The van der Waals surface area contributed by atoms with Crippen LogP contribution in [-0.2, 0) is 11.3 Å². The van der Waals surface area contributed by atoms with Gasteiger partial charge < -0.3 is 10.1 Å². The lowest BCUT2D eigenvalue weighted by Crippen LogP contribution is -2.27. The SMILES string of the molecule is CC1OCCC1CNCc1cc(=O)n2ccccc2n1. The third-order valence-corrected chi connectivity index (χ3v) is 3.87. The summed E-state index contributed by atoms with van der Waals surface area (Å²) in [5.74, 6) is 0.552. The van der Waals surface area contributed by atoms with Crippen molar-refractivity contribution in [2.75, 3.05) is 13.2 Å². The van der Waals surface area contributed by atoms with Gasteiger partial charge in [-0.25, -0.2) is 4.98 Å². The molecule has 2 aromatic rings. The Kier molecular flexibility index (Phi) is 3.80. The molecule has 2 atom stereocenters. The number of nitrogens with zero attached hydrogens (tertiary/aromatic N) is 2. The molecule has 2 unspecified atom stereocenters. The molecule has 1 N–H and O–H groups in total. The van der Waals surface area contributed by atoms with Crippen molar-refractivity contribution in [3.05, 3.63) is 46.5 Å². The van der Waals surface area contributed by atoms with Crippen molar-refractivity contribution in [3.63, 3.8) is 0 Å². The van der Waals surface area contributed by atoms with E-state index in [1.165, 1.54) is 0 Å². The minimum atomic E-state index is -0.0371. The van der Waals surface area contributed by atoms with Crippen molar-refractivity contribution in [2.24, 2.45) is 5.92 Å². The lowest BCUT2D eigenvalue weighted by atomic mass is 10.0. The average molecular weight is 273 g/mol. The zero-order valence-electron chi connectivity index (χ0n) is 11.6. The van der Waals surface area contributed by atoms with Crippen LogP contribution in [0.1, 0.15) is 19.0 Å². The summed E-state index contributed by atoms with van der Waals surface area (Å²) in [4.78, 5) is 16.4. The minimum absolute atomic E-state index is 0.0371. The first kappa shape index (κ1) is 13.3. The second-order valence-electron chi connectivity index (χ2n) is 5.27. The second kappa shape index (κ2) is 5.73. The molecule has 0 spiro atoms. The Morgan fingerprint density at radius 3 is 3.20 bits per heavy atom. The highest BCUT2D eigenvalue weighted by atomic mass is 16.5. The largest absolute Gasteiger partial charge is 0.378 e. The summed E-state index contributed by atoms with van der Waals surface area (Å²) in [6.45, 7) is 4.48. The number of pyridine rings is 1. The predicted molar refractivity (Wildman–Crippen MR) is 76.7 cm³/mol. The van der Waals surface area contributed by atoms with Crippen molar-refractivity contribution >= 4 is 5.65 Å². The summed E-state index contributed by atoms with van der Waals surface area (Å²) < 4.78 is 7.09. The molecule has 0 aliphatic carbocycles. The Labute approximate surface area is 117 Å². The lowest BCUT2D eigenvalue weighted by Gasteiger charge is -2.14. The summed E-state index contributed by atoms with van der Waals surface area (Å²) in [6.07, 6.45) is 3.15. The summed E-state index contributed by atoms with van der Waals surface area (Å²) in [7, 11) is 0. The Balaban J connectivity index is 1.67. The van der Waals surface area contributed by atoms with Gasteiger partial charge in [-0.3, -0.25) is 9.20 Å². The molecule has 1 saturated heterocycles. The molecule has 106 valence electrons. The number of nitrogens with one attached hydrogen (secondary N) is 1. The molecule has 0 amide bonds. The van der Waals surface area contributed by atoms with Crippen LogP contribution in [0.3, 0.4) is 0 Å². The molecule has 20 heavy (non-hydrogen) atoms. The van der Waals surface area contributed by atoms with Gasteiger partial charge in [-0.2, -0.15) is 0 Å². The van der Waals surface area contributed by atoms with E-state index in [2.05, 4.69) is 17.2 Å². The first-order chi connectivity index (χ1) is 9.74. The van der Waals surface area contributed by atoms with E-state index in [0.717, 1.165) is 25.3 Å². The maximum absolute atomic E-state index is 11.9. The van der Waals surface area contributed by atoms with E-state index < -0.39 is 0 Å². The fourth-order valence-electron chi connectivity index (χ4n) is 2.62. The van der Waals surface area contributed by atoms with E-state index in [-0.39, 0.29) is 5.56 Å². The van der Waals surface area contributed by atoms with Crippen LogP contribution in [0.4, 0.5) is 0 Å². The molecule has 0 bridgehead atoms. The molecule has 0 aromatic carbocycles. The van der Waals surface area contributed by atoms with E-state index >= 15 is 0 Å². The van der Waals surface area contributed by atoms with Crippen LogP contribution in [0.25, 0.3) is 5.65 Å². The number of fused-ring (bicyclic) bond motifs is 1. The van der Waals surface area contributed by atoms with E-state index in [9.17, 15) is 4.79 Å². The smallest absolute Gasteiger partial charge is 0.258 e. The lowest BCUT2D eigenvalue weighted by molar-refractivity contribution is 0.105. The van der Waals surface area contributed by atoms with Crippen LogP contribution in [0.2, 0.25) is 0 Å². The molecule has 0 radical (unpaired) electrons. The average Bonchev–Trinajstić information content (AvgIpc) is 2.85. The monoisotopic (exact) mass is 273 g/mol. The Bertz CT molecular complexity index is 653. The van der Waals surface area contributed by atoms with Crippen molar-refractivity contribution in [1.82, 2.24) is 14.7 Å². The highest BCUT2D eigenvalue weighted by Crippen LogP contribution is 2.19. The predicted octanol–water partition coefficient (Wildman–Crippen LogP) is 1.21. The fourth-order valence-corrected chi connectivity index (χ4v) is 2.62. The summed E-state index contributed by atoms with van der Waals surface area (Å²) in [5.41, 5.74) is 1.44. The van der Waals surface area contributed by atoms with Gasteiger partial charge in [0.15, 0.2) is 0 Å². The van der Waals surface area contributed by atoms with Crippen LogP contribution in [-0.4, -0.2) is 28.6 Å². The van der Waals surface area contributed by atoms with E-state index in [4.69, 9.17) is 4.74 Å². The zero-order valence-corrected chi connectivity index (χ0v) is 11.6. The second-order valence-corrected chi connectivity index (χ2v) is 5.27. The van der Waals surface area contributed by atoms with Gasteiger partial charge in [-0.05, 0) is 31.4 Å². The third kappa shape index (κ3) is 2.73. The van der Waals surface area contributed by atoms with Crippen LogP contribution < -0.4 is 10.9 Å². The molecule has 2 aromatic heterocycles. The molecule has 3 heterocycles. The number of rotatable bonds is 4. The molecule has 1 fully saturated rings. The summed E-state index contributed by atoms with van der Waals surface area (Å²) in [5, 5.41) is 3.38. The number of ether oxygens (including phenoxy) is 1. The maximum atomic E-state index is 11.9. The van der Waals surface area contributed by atoms with Gasteiger partial charge >= 0.3 is 0 Å². The van der Waals surface area contributed by atoms with Gasteiger partial charge in [0.2, 0.25) is 0 Å². The number of aromatic nitrogens is 2. The molecule has 0 saturated carbocycles. The van der Waals surface area contributed by atoms with Crippen molar-refractivity contribution in [3.8, 4) is 0 Å². The molecular formula is C15H19N3O2. The van der Waals surface area contributed by atoms with Gasteiger partial charge in [0.25, 0.3) is 5.56 Å². The third-order valence-electron chi connectivity index (χ3n) is 3.87. The maximum Gasteiger partial charge on any atom is 0.258 e. The Hall–Kier alpha value is -1.72. The molecule has 1 aliphatic heterocycles. The molecule has 3 rings (SSSR count). The zero-order chi connectivity index (χ0) is 13.9. The van der Waals surface area contributed by atoms with Crippen molar-refractivity contribution < 1.29 is 4.74 Å². The Morgan fingerprint density at radius 1 is 1.50 bits per heavy atom. The van der Waals surface area contributed by atoms with Crippen molar-refractivity contribution in [2.45, 2.75) is 26.0 Å². The van der Waals surface area contributed by atoms with Crippen molar-refractivity contribution in [1.29, 1.82) is 0 Å². The van der Waals surface area contributed by atoms with E-state index in [1.54, 1.807) is 16.7 Å². The van der Waals surface area contributed by atoms with Gasteiger partial charge in [0, 0.05) is 32.0 Å². The number of hydrogen-bond acceptors (Lipinski definition) is 4. The molecule has 5 heteroatoms. The van der Waals surface area contributed by atoms with Crippen LogP contribution in [0, 0.1) is 5.92 Å². The Morgan fingerprint density at radius 2 is 2.40 bits per heavy atom. The normalized spacial score (nSPS) is 22.4. The summed E-state index contributed by atoms with van der Waals surface area (Å²) in [6, 6.07) is 7.15. The topological polar surface area (TPSA) is 55.6 Å². The van der Waals surface area contributed by atoms with Gasteiger partial charge in [0.1, 0.15) is 5.65 Å². The first-order valence-electron chi connectivity index (χ1n) is 7.03. The minimum Gasteiger partial charge on any atom is -0.378 e. The van der Waals surface area contributed by atoms with Crippen LogP contribution in [0.15, 0.2) is 35.3 Å². The highest BCUT2D eigenvalue weighted by molar-refractivity contribution is 5.37. The highest BCUT2D eigenvalue weighted by Gasteiger charge is 2.23. The molecular weight excluding hydrogens is 254 g/mol. The van der Waals surface area contributed by atoms with Gasteiger partial charge in [0.05, 0.1) is 11.8 Å². The summed E-state index contributed by atoms with van der Waals surface area (Å²) >= 11 is 0.